The molecule has 8 heteroatoms. The van der Waals surface area contributed by atoms with Gasteiger partial charge < -0.3 is 4.74 Å². The minimum atomic E-state index is -0.380. The van der Waals surface area contributed by atoms with E-state index in [2.05, 4.69) is 47.5 Å². The van der Waals surface area contributed by atoms with Crippen LogP contribution in [0, 0.1) is 0 Å². The summed E-state index contributed by atoms with van der Waals surface area (Å²) in [5, 5.41) is 8.28. The normalized spacial score (nSPS) is 10.9. The molecule has 0 unspecified atom stereocenters. The Kier molecular flexibility index (Phi) is 6.41. The highest BCUT2D eigenvalue weighted by atomic mass is 79.9. The number of nitrogens with one attached hydrogen (secondary N) is 1. The lowest BCUT2D eigenvalue weighted by atomic mass is 10.2. The maximum atomic E-state index is 12.2. The van der Waals surface area contributed by atoms with E-state index in [9.17, 15) is 4.79 Å². The van der Waals surface area contributed by atoms with Gasteiger partial charge >= 0.3 is 0 Å². The molecule has 3 rings (SSSR count). The maximum Gasteiger partial charge on any atom is 0.291 e. The highest BCUT2D eigenvalue weighted by molar-refractivity contribution is 9.10. The summed E-state index contributed by atoms with van der Waals surface area (Å²) in [6, 6.07) is 15.1. The summed E-state index contributed by atoms with van der Waals surface area (Å²) in [5.74, 6) is 0.282. The molecule has 1 N–H and O–H groups in total. The molecule has 0 radical (unpaired) electrons. The second kappa shape index (κ2) is 8.96. The largest absolute Gasteiger partial charge is 0.496 e. The molecule has 2 aromatic carbocycles. The number of methoxy groups -OCH3 is 1. The van der Waals surface area contributed by atoms with Gasteiger partial charge in [-0.25, -0.2) is 5.43 Å². The average molecular weight is 492 g/mol. The zero-order valence-corrected chi connectivity index (χ0v) is 17.6. The van der Waals surface area contributed by atoms with Crippen molar-refractivity contribution in [3.8, 4) is 5.75 Å². The molecule has 0 aliphatic rings. The molecule has 0 spiro atoms. The zero-order valence-electron chi connectivity index (χ0n) is 14.4. The first-order valence-electron chi connectivity index (χ1n) is 8.00. The topological polar surface area (TPSA) is 68.5 Å². The Morgan fingerprint density at radius 3 is 2.67 bits per heavy atom. The quantitative estimate of drug-likeness (QED) is 0.414. The van der Waals surface area contributed by atoms with Gasteiger partial charge in [0, 0.05) is 20.7 Å². The molecule has 0 aliphatic heterocycles. The van der Waals surface area contributed by atoms with Crippen LogP contribution in [0.15, 0.2) is 68.8 Å². The predicted octanol–water partition coefficient (Wildman–Crippen LogP) is 4.23. The van der Waals surface area contributed by atoms with Gasteiger partial charge in [-0.3, -0.25) is 9.48 Å². The molecule has 0 saturated carbocycles. The van der Waals surface area contributed by atoms with E-state index < -0.39 is 0 Å². The summed E-state index contributed by atoms with van der Waals surface area (Å²) in [5.41, 5.74) is 4.61. The van der Waals surface area contributed by atoms with Gasteiger partial charge in [-0.15, -0.1) is 0 Å². The third-order valence-corrected chi connectivity index (χ3v) is 4.71. The van der Waals surface area contributed by atoms with Crippen LogP contribution in [0.1, 0.15) is 21.6 Å². The van der Waals surface area contributed by atoms with Crippen molar-refractivity contribution in [3.05, 3.63) is 80.5 Å². The number of aromatic nitrogens is 2. The van der Waals surface area contributed by atoms with E-state index in [1.807, 2.05) is 42.5 Å². The molecule has 0 fully saturated rings. The number of nitrogens with zero attached hydrogens (tertiary/aromatic N) is 3. The maximum absolute atomic E-state index is 12.2. The van der Waals surface area contributed by atoms with Crippen molar-refractivity contribution < 1.29 is 9.53 Å². The van der Waals surface area contributed by atoms with Gasteiger partial charge in [0.1, 0.15) is 5.75 Å². The van der Waals surface area contributed by atoms with Gasteiger partial charge in [0.05, 0.1) is 19.9 Å². The number of ether oxygens (including phenoxy) is 1. The van der Waals surface area contributed by atoms with E-state index in [1.165, 1.54) is 6.21 Å². The zero-order chi connectivity index (χ0) is 19.2. The highest BCUT2D eigenvalue weighted by Gasteiger charge is 2.09. The summed E-state index contributed by atoms with van der Waals surface area (Å²) in [4.78, 5) is 12.2. The molecule has 0 atom stereocenters. The number of benzene rings is 2. The number of hydrazone groups is 1. The van der Waals surface area contributed by atoms with E-state index in [1.54, 1.807) is 24.1 Å². The Morgan fingerprint density at radius 2 is 1.93 bits per heavy atom. The molecule has 27 heavy (non-hydrogen) atoms. The Morgan fingerprint density at radius 1 is 1.19 bits per heavy atom. The third-order valence-electron chi connectivity index (χ3n) is 3.69. The van der Waals surface area contributed by atoms with Gasteiger partial charge in [0.25, 0.3) is 5.91 Å². The fraction of sp³-hybridized carbons (Fsp3) is 0.105. The van der Waals surface area contributed by atoms with Crippen molar-refractivity contribution >= 4 is 44.0 Å². The fourth-order valence-corrected chi connectivity index (χ4v) is 3.01. The van der Waals surface area contributed by atoms with Gasteiger partial charge in [-0.1, -0.05) is 44.0 Å². The Hall–Kier alpha value is -2.45. The SMILES string of the molecule is COc1ccc(Br)cc1/C=N\NC(=O)c1ccn(Cc2ccc(Br)cc2)n1. The summed E-state index contributed by atoms with van der Waals surface area (Å²) < 4.78 is 8.89. The van der Waals surface area contributed by atoms with Gasteiger partial charge in [0.2, 0.25) is 0 Å². The molecular weight excluding hydrogens is 476 g/mol. The van der Waals surface area contributed by atoms with E-state index >= 15 is 0 Å². The monoisotopic (exact) mass is 490 g/mol. The average Bonchev–Trinajstić information content (AvgIpc) is 3.12. The van der Waals surface area contributed by atoms with E-state index in [4.69, 9.17) is 4.74 Å². The molecule has 138 valence electrons. The van der Waals surface area contributed by atoms with Crippen molar-refractivity contribution in [3.63, 3.8) is 0 Å². The van der Waals surface area contributed by atoms with Gasteiger partial charge in [-0.05, 0) is 42.0 Å². The predicted molar refractivity (Wildman–Crippen MR) is 111 cm³/mol. The molecule has 0 saturated heterocycles. The molecular formula is C19H16Br2N4O2. The van der Waals surface area contributed by atoms with Crippen LogP contribution in [0.3, 0.4) is 0 Å². The highest BCUT2D eigenvalue weighted by Crippen LogP contribution is 2.21. The van der Waals surface area contributed by atoms with Crippen molar-refractivity contribution in [1.82, 2.24) is 15.2 Å². The molecule has 0 bridgehead atoms. The number of hydrogen-bond donors (Lipinski definition) is 1. The van der Waals surface area contributed by atoms with Crippen molar-refractivity contribution in [2.75, 3.05) is 7.11 Å². The first-order chi connectivity index (χ1) is 13.0. The number of carbonyl (C=O) groups excluding carboxylic acids is 1. The lowest BCUT2D eigenvalue weighted by Crippen LogP contribution is -2.18. The number of amides is 1. The van der Waals surface area contributed by atoms with Crippen molar-refractivity contribution in [2.45, 2.75) is 6.54 Å². The minimum Gasteiger partial charge on any atom is -0.496 e. The Bertz CT molecular complexity index is 968. The van der Waals surface area contributed by atoms with Crippen LogP contribution < -0.4 is 10.2 Å². The minimum absolute atomic E-state index is 0.297. The fourth-order valence-electron chi connectivity index (χ4n) is 2.37. The molecule has 1 heterocycles. The van der Waals surface area contributed by atoms with Crippen LogP contribution in [0.2, 0.25) is 0 Å². The number of halogens is 2. The number of carbonyl (C=O) groups is 1. The van der Waals surface area contributed by atoms with E-state index in [0.717, 1.165) is 20.1 Å². The smallest absolute Gasteiger partial charge is 0.291 e. The molecule has 6 nitrogen and oxygen atoms in total. The summed E-state index contributed by atoms with van der Waals surface area (Å²) in [6.07, 6.45) is 3.29. The Balaban J connectivity index is 1.63. The molecule has 1 aromatic heterocycles. The standard InChI is InChI=1S/C19H16Br2N4O2/c1-27-18-7-6-16(21)10-14(18)11-22-23-19(26)17-8-9-25(24-17)12-13-2-4-15(20)5-3-13/h2-11H,12H2,1H3,(H,23,26)/b22-11-. The second-order valence-electron chi connectivity index (χ2n) is 5.61. The number of hydrogen-bond acceptors (Lipinski definition) is 4. The van der Waals surface area contributed by atoms with Gasteiger partial charge in [-0.2, -0.15) is 10.2 Å². The molecule has 0 aliphatic carbocycles. The molecule has 1 amide bonds. The first kappa shape index (κ1) is 19.3. The summed E-state index contributed by atoms with van der Waals surface area (Å²) >= 11 is 6.81. The lowest BCUT2D eigenvalue weighted by Gasteiger charge is -2.04. The number of rotatable bonds is 6. The van der Waals surface area contributed by atoms with Crippen molar-refractivity contribution in [1.29, 1.82) is 0 Å². The van der Waals surface area contributed by atoms with Crippen LogP contribution in [-0.2, 0) is 6.54 Å². The Labute approximate surface area is 173 Å². The first-order valence-corrected chi connectivity index (χ1v) is 9.58. The van der Waals surface area contributed by atoms with Crippen LogP contribution in [0.25, 0.3) is 0 Å². The van der Waals surface area contributed by atoms with Crippen LogP contribution in [0.5, 0.6) is 5.75 Å². The molecule has 3 aromatic rings. The third kappa shape index (κ3) is 5.27. The van der Waals surface area contributed by atoms with E-state index in [-0.39, 0.29) is 5.91 Å². The van der Waals surface area contributed by atoms with Crippen LogP contribution in [-0.4, -0.2) is 29.0 Å². The summed E-state index contributed by atoms with van der Waals surface area (Å²) in [6.45, 7) is 0.582. The van der Waals surface area contributed by atoms with Crippen molar-refractivity contribution in [2.24, 2.45) is 5.10 Å². The second-order valence-corrected chi connectivity index (χ2v) is 7.44. The van der Waals surface area contributed by atoms with Crippen LogP contribution >= 0.6 is 31.9 Å². The summed E-state index contributed by atoms with van der Waals surface area (Å²) in [7, 11) is 1.58. The lowest BCUT2D eigenvalue weighted by molar-refractivity contribution is 0.0949. The van der Waals surface area contributed by atoms with Crippen LogP contribution in [0.4, 0.5) is 0 Å². The van der Waals surface area contributed by atoms with Gasteiger partial charge in [0.15, 0.2) is 5.69 Å². The van der Waals surface area contributed by atoms with E-state index in [0.29, 0.717) is 18.0 Å².